The highest BCUT2D eigenvalue weighted by Gasteiger charge is 2.12. The lowest BCUT2D eigenvalue weighted by Crippen LogP contribution is -2.28. The van der Waals surface area contributed by atoms with Crippen molar-refractivity contribution in [2.75, 3.05) is 0 Å². The number of rotatable bonds is 0. The van der Waals surface area contributed by atoms with Gasteiger partial charge in [0.2, 0.25) is 5.52 Å². The Hall–Kier alpha value is -5.01. The normalized spacial score (nSPS) is 11.8. The summed E-state index contributed by atoms with van der Waals surface area (Å²) in [7, 11) is 2.16. The van der Waals surface area contributed by atoms with Crippen LogP contribution in [-0.4, -0.2) is 0 Å². The number of hydrogen-bond donors (Lipinski definition) is 0. The van der Waals surface area contributed by atoms with Gasteiger partial charge in [-0.3, -0.25) is 0 Å². The average molecular weight is 525 g/mol. The molecule has 0 aliphatic heterocycles. The Morgan fingerprint density at radius 2 is 0.829 bits per heavy atom. The van der Waals surface area contributed by atoms with Crippen molar-refractivity contribution in [1.29, 1.82) is 0 Å². The lowest BCUT2D eigenvalue weighted by atomic mass is 9.96. The molecular formula is C40H30N+. The van der Waals surface area contributed by atoms with Crippen LogP contribution in [-0.2, 0) is 7.05 Å². The summed E-state index contributed by atoms with van der Waals surface area (Å²) < 4.78 is 2.28. The van der Waals surface area contributed by atoms with Crippen molar-refractivity contribution >= 4 is 75.5 Å². The second-order valence-corrected chi connectivity index (χ2v) is 11.5. The topological polar surface area (TPSA) is 3.88 Å². The molecule has 194 valence electrons. The van der Waals surface area contributed by atoms with E-state index in [-0.39, 0.29) is 0 Å². The lowest BCUT2D eigenvalue weighted by Gasteiger charge is -2.09. The summed E-state index contributed by atoms with van der Waals surface area (Å²) in [6.07, 6.45) is 2.27. The van der Waals surface area contributed by atoms with Crippen LogP contribution in [0.5, 0.6) is 0 Å². The van der Waals surface area contributed by atoms with E-state index in [0.29, 0.717) is 0 Å². The summed E-state index contributed by atoms with van der Waals surface area (Å²) >= 11 is 0. The van der Waals surface area contributed by atoms with Gasteiger partial charge in [0.1, 0.15) is 7.05 Å². The molecule has 0 N–H and O–H groups in total. The number of fused-ring (bicyclic) bond motifs is 15. The molecule has 41 heavy (non-hydrogen) atoms. The highest BCUT2D eigenvalue weighted by molar-refractivity contribution is 6.13. The van der Waals surface area contributed by atoms with Gasteiger partial charge in [0, 0.05) is 17.0 Å². The minimum Gasteiger partial charge on any atom is -0.201 e. The maximum atomic E-state index is 2.41. The number of nitrogens with zero attached hydrogens (tertiary/aromatic N) is 1. The van der Waals surface area contributed by atoms with Gasteiger partial charge in [0.25, 0.3) is 0 Å². The molecule has 0 saturated heterocycles. The molecule has 0 fully saturated rings. The Kier molecular flexibility index (Phi) is 5.24. The van der Waals surface area contributed by atoms with Crippen LogP contribution in [0.4, 0.5) is 0 Å². The quantitative estimate of drug-likeness (QED) is 0.137. The van der Waals surface area contributed by atoms with Crippen molar-refractivity contribution in [2.24, 2.45) is 7.05 Å². The Labute approximate surface area is 239 Å². The van der Waals surface area contributed by atoms with Crippen LogP contribution in [0.1, 0.15) is 11.1 Å². The molecule has 1 aromatic heterocycles. The minimum atomic E-state index is 1.22. The molecule has 1 heterocycles. The zero-order valence-corrected chi connectivity index (χ0v) is 23.6. The van der Waals surface area contributed by atoms with Gasteiger partial charge in [-0.1, -0.05) is 84.9 Å². The third-order valence-electron chi connectivity index (χ3n) is 8.83. The zero-order valence-electron chi connectivity index (χ0n) is 23.6. The van der Waals surface area contributed by atoms with Crippen molar-refractivity contribution < 1.29 is 4.57 Å². The van der Waals surface area contributed by atoms with Gasteiger partial charge in [-0.25, -0.2) is 4.57 Å². The van der Waals surface area contributed by atoms with E-state index in [9.17, 15) is 0 Å². The summed E-state index contributed by atoms with van der Waals surface area (Å²) in [6, 6.07) is 45.4. The van der Waals surface area contributed by atoms with Gasteiger partial charge in [-0.2, -0.15) is 0 Å². The Bertz CT molecular complexity index is 2450. The summed E-state index contributed by atoms with van der Waals surface area (Å²) in [6.45, 7) is 4.45. The third kappa shape index (κ3) is 3.89. The molecule has 8 rings (SSSR count). The zero-order chi connectivity index (χ0) is 27.7. The van der Waals surface area contributed by atoms with Crippen LogP contribution in [0.2, 0.25) is 0 Å². The van der Waals surface area contributed by atoms with Crippen molar-refractivity contribution in [3.8, 4) is 0 Å². The molecule has 8 aromatic rings. The maximum absolute atomic E-state index is 2.41. The third-order valence-corrected chi connectivity index (χ3v) is 8.83. The highest BCUT2D eigenvalue weighted by atomic mass is 14.9. The Morgan fingerprint density at radius 3 is 1.46 bits per heavy atom. The molecular weight excluding hydrogens is 494 g/mol. The summed E-state index contributed by atoms with van der Waals surface area (Å²) in [5.74, 6) is 0. The first-order valence-corrected chi connectivity index (χ1v) is 14.3. The van der Waals surface area contributed by atoms with Crippen molar-refractivity contribution in [3.63, 3.8) is 0 Å². The second kappa shape index (κ2) is 9.01. The molecule has 0 spiro atoms. The van der Waals surface area contributed by atoms with Crippen LogP contribution in [0.15, 0.2) is 128 Å². The van der Waals surface area contributed by atoms with Crippen LogP contribution < -0.4 is 4.57 Å². The number of benzene rings is 6. The second-order valence-electron chi connectivity index (χ2n) is 11.5. The SMILES string of the molecule is Cc1c[n+](C)c2cc1c1cccc(c1)c1cccc(c1)c1cccc(c1)c1ccc3ccc4cc(C)c2cc4c3c1. The maximum Gasteiger partial charge on any atom is 0.213 e. The summed E-state index contributed by atoms with van der Waals surface area (Å²) in [5.41, 5.74) is 3.77. The molecule has 0 aliphatic carbocycles. The van der Waals surface area contributed by atoms with E-state index in [1.165, 1.54) is 86.7 Å². The monoisotopic (exact) mass is 524 g/mol. The van der Waals surface area contributed by atoms with Gasteiger partial charge in [-0.15, -0.1) is 0 Å². The Morgan fingerprint density at radius 1 is 0.366 bits per heavy atom. The van der Waals surface area contributed by atoms with E-state index >= 15 is 0 Å². The van der Waals surface area contributed by atoms with E-state index in [4.69, 9.17) is 0 Å². The van der Waals surface area contributed by atoms with Crippen molar-refractivity contribution in [1.82, 2.24) is 0 Å². The first-order chi connectivity index (χ1) is 20.0. The van der Waals surface area contributed by atoms with E-state index in [1.807, 2.05) is 0 Å². The van der Waals surface area contributed by atoms with E-state index in [1.54, 1.807) is 0 Å². The predicted octanol–water partition coefficient (Wildman–Crippen LogP) is 10.3. The Balaban J connectivity index is 1.67. The van der Waals surface area contributed by atoms with E-state index < -0.39 is 0 Å². The van der Waals surface area contributed by atoms with Gasteiger partial charge < -0.3 is 0 Å². The number of aryl methyl sites for hydroxylation is 3. The smallest absolute Gasteiger partial charge is 0.201 e. The molecule has 0 radical (unpaired) electrons. The lowest BCUT2D eigenvalue weighted by molar-refractivity contribution is -0.645. The molecule has 12 bridgehead atoms. The predicted molar refractivity (Wildman–Crippen MR) is 177 cm³/mol. The molecule has 0 saturated carbocycles. The molecule has 1 heteroatoms. The van der Waals surface area contributed by atoms with Gasteiger partial charge in [0.15, 0.2) is 6.20 Å². The van der Waals surface area contributed by atoms with E-state index in [0.717, 1.165) is 0 Å². The van der Waals surface area contributed by atoms with Crippen molar-refractivity contribution in [3.05, 3.63) is 139 Å². The van der Waals surface area contributed by atoms with Crippen LogP contribution >= 0.6 is 0 Å². The largest absolute Gasteiger partial charge is 0.213 e. The molecule has 1 nitrogen and oxygen atoms in total. The average Bonchev–Trinajstić information content (AvgIpc) is 3.00. The van der Waals surface area contributed by atoms with Crippen LogP contribution in [0.25, 0.3) is 75.5 Å². The molecule has 0 unspecified atom stereocenters. The fraction of sp³-hybridized carbons (Fsp3) is 0.0750. The highest BCUT2D eigenvalue weighted by Crippen LogP contribution is 2.32. The van der Waals surface area contributed by atoms with Crippen LogP contribution in [0.3, 0.4) is 0 Å². The number of pyridine rings is 1. The summed E-state index contributed by atoms with van der Waals surface area (Å²) in [5, 5.41) is 16.3. The first kappa shape index (κ1) is 23.8. The van der Waals surface area contributed by atoms with Crippen molar-refractivity contribution in [2.45, 2.75) is 13.8 Å². The molecule has 0 aliphatic rings. The standard InChI is InChI=1S/C40H30N/c1-25-17-35-16-14-27-13-15-33-21-38(27)39(35)22-37(25)40-23-36(26(2)24-41(40)3)34-12-6-11-32(20-34)30-9-4-7-28(18-30)29-8-5-10-31(33)19-29/h4-24H,1-3H3/q+1. The van der Waals surface area contributed by atoms with Crippen LogP contribution in [0, 0.1) is 13.8 Å². The van der Waals surface area contributed by atoms with E-state index in [2.05, 4.69) is 153 Å². The number of aromatic nitrogens is 1. The molecule has 0 amide bonds. The van der Waals surface area contributed by atoms with Gasteiger partial charge in [0.05, 0.1) is 0 Å². The van der Waals surface area contributed by atoms with Gasteiger partial charge in [-0.05, 0) is 114 Å². The summed E-state index contributed by atoms with van der Waals surface area (Å²) in [4.78, 5) is 0. The fourth-order valence-corrected chi connectivity index (χ4v) is 6.65. The minimum absolute atomic E-state index is 1.22. The molecule has 0 atom stereocenters. The molecule has 7 aromatic carbocycles. The fourth-order valence-electron chi connectivity index (χ4n) is 6.65. The first-order valence-electron chi connectivity index (χ1n) is 14.3. The number of hydrogen-bond acceptors (Lipinski definition) is 0. The van der Waals surface area contributed by atoms with Gasteiger partial charge >= 0.3 is 0 Å².